The van der Waals surface area contributed by atoms with E-state index in [2.05, 4.69) is 10.6 Å². The van der Waals surface area contributed by atoms with Crippen molar-refractivity contribution >= 4 is 17.7 Å². The van der Waals surface area contributed by atoms with E-state index >= 15 is 0 Å². The third kappa shape index (κ3) is 3.48. The maximum Gasteiger partial charge on any atom is 0.338 e. The van der Waals surface area contributed by atoms with Crippen LogP contribution in [0.25, 0.3) is 0 Å². The molecule has 1 aromatic rings. The number of carbonyl (C=O) groups excluding carboxylic acids is 1. The third-order valence-electron chi connectivity index (χ3n) is 3.87. The zero-order valence-corrected chi connectivity index (χ0v) is 11.5. The van der Waals surface area contributed by atoms with Crippen molar-refractivity contribution < 1.29 is 23.5 Å². The van der Waals surface area contributed by atoms with Crippen molar-refractivity contribution in [3.63, 3.8) is 0 Å². The van der Waals surface area contributed by atoms with Gasteiger partial charge in [-0.05, 0) is 30.7 Å². The van der Waals surface area contributed by atoms with Crippen molar-refractivity contribution in [1.29, 1.82) is 0 Å². The zero-order valence-electron chi connectivity index (χ0n) is 11.5. The Labute approximate surface area is 120 Å². The molecule has 21 heavy (non-hydrogen) atoms. The number of carboxylic acids is 1. The fourth-order valence-corrected chi connectivity index (χ4v) is 2.08. The fourth-order valence-electron chi connectivity index (χ4n) is 2.08. The van der Waals surface area contributed by atoms with Crippen LogP contribution in [0.1, 0.15) is 36.5 Å². The lowest BCUT2D eigenvalue weighted by molar-refractivity contribution is 0.0692. The van der Waals surface area contributed by atoms with Gasteiger partial charge in [-0.25, -0.2) is 18.4 Å². The fraction of sp³-hybridized carbons (Fsp3) is 0.429. The van der Waals surface area contributed by atoms with Crippen LogP contribution >= 0.6 is 0 Å². The lowest BCUT2D eigenvalue weighted by atomic mass is 10.0. The highest BCUT2D eigenvalue weighted by molar-refractivity contribution is 5.93. The summed E-state index contributed by atoms with van der Waals surface area (Å²) in [5.74, 6) is -3.74. The van der Waals surface area contributed by atoms with Crippen molar-refractivity contribution in [2.24, 2.45) is 5.41 Å². The number of urea groups is 1. The van der Waals surface area contributed by atoms with Crippen LogP contribution in [0.4, 0.5) is 19.3 Å². The van der Waals surface area contributed by atoms with Crippen molar-refractivity contribution in [2.45, 2.75) is 26.2 Å². The van der Waals surface area contributed by atoms with Gasteiger partial charge < -0.3 is 15.7 Å². The molecule has 0 aromatic heterocycles. The van der Waals surface area contributed by atoms with Gasteiger partial charge in [0, 0.05) is 12.6 Å². The minimum absolute atomic E-state index is 0.130. The molecule has 0 bridgehead atoms. The van der Waals surface area contributed by atoms with Crippen molar-refractivity contribution in [3.8, 4) is 0 Å². The summed E-state index contributed by atoms with van der Waals surface area (Å²) in [6, 6.07) is 0.559. The molecule has 0 aliphatic heterocycles. The largest absolute Gasteiger partial charge is 0.478 e. The Hall–Kier alpha value is -2.18. The second kappa shape index (κ2) is 5.67. The number of nitrogens with one attached hydrogen (secondary N) is 2. The summed E-state index contributed by atoms with van der Waals surface area (Å²) >= 11 is 0. The average Bonchev–Trinajstić information content (AvgIpc) is 3.20. The Morgan fingerprint density at radius 2 is 1.95 bits per heavy atom. The number of hydrogen-bond acceptors (Lipinski definition) is 2. The number of aromatic carboxylic acids is 1. The van der Waals surface area contributed by atoms with Crippen LogP contribution in [0.15, 0.2) is 12.1 Å². The number of amides is 2. The van der Waals surface area contributed by atoms with Crippen LogP contribution in [-0.2, 0) is 0 Å². The Morgan fingerprint density at radius 1 is 1.29 bits per heavy atom. The summed E-state index contributed by atoms with van der Waals surface area (Å²) in [7, 11) is 0. The average molecular weight is 298 g/mol. The molecular formula is C14H16F2N2O3. The van der Waals surface area contributed by atoms with Gasteiger partial charge in [0.2, 0.25) is 0 Å². The first kappa shape index (κ1) is 15.2. The molecule has 0 unspecified atom stereocenters. The van der Waals surface area contributed by atoms with E-state index in [0.29, 0.717) is 12.6 Å². The van der Waals surface area contributed by atoms with Gasteiger partial charge in [0.15, 0.2) is 0 Å². The summed E-state index contributed by atoms with van der Waals surface area (Å²) in [6.45, 7) is 2.51. The normalized spacial score (nSPS) is 15.4. The lowest BCUT2D eigenvalue weighted by Crippen LogP contribution is -2.34. The topological polar surface area (TPSA) is 78.4 Å². The van der Waals surface area contributed by atoms with Gasteiger partial charge in [0.1, 0.15) is 11.6 Å². The quantitative estimate of drug-likeness (QED) is 0.782. The molecule has 1 aliphatic rings. The second-order valence-electron chi connectivity index (χ2n) is 5.28. The van der Waals surface area contributed by atoms with Crippen molar-refractivity contribution in [2.75, 3.05) is 11.9 Å². The van der Waals surface area contributed by atoms with Crippen LogP contribution in [0.2, 0.25) is 0 Å². The molecule has 0 heterocycles. The van der Waals surface area contributed by atoms with Crippen LogP contribution in [-0.4, -0.2) is 23.7 Å². The van der Waals surface area contributed by atoms with Crippen LogP contribution in [0.5, 0.6) is 0 Å². The number of anilines is 1. The van der Waals surface area contributed by atoms with E-state index in [0.717, 1.165) is 25.3 Å². The number of halogens is 2. The smallest absolute Gasteiger partial charge is 0.338 e. The molecule has 7 heteroatoms. The maximum atomic E-state index is 13.5. The Kier molecular flexibility index (Phi) is 4.11. The minimum Gasteiger partial charge on any atom is -0.478 e. The van der Waals surface area contributed by atoms with Gasteiger partial charge >= 0.3 is 12.0 Å². The molecule has 2 rings (SSSR count). The number of rotatable bonds is 5. The van der Waals surface area contributed by atoms with Crippen LogP contribution in [0, 0.1) is 17.0 Å². The first-order valence-electron chi connectivity index (χ1n) is 6.64. The molecular weight excluding hydrogens is 282 g/mol. The van der Waals surface area contributed by atoms with Crippen molar-refractivity contribution in [1.82, 2.24) is 5.32 Å². The molecule has 2 amide bonds. The molecule has 0 atom stereocenters. The number of benzene rings is 1. The molecule has 1 saturated carbocycles. The van der Waals surface area contributed by atoms with E-state index in [-0.39, 0.29) is 11.1 Å². The Morgan fingerprint density at radius 3 is 2.48 bits per heavy atom. The molecule has 114 valence electrons. The van der Waals surface area contributed by atoms with Gasteiger partial charge in [-0.1, -0.05) is 6.92 Å². The summed E-state index contributed by atoms with van der Waals surface area (Å²) in [5, 5.41) is 13.6. The van der Waals surface area contributed by atoms with E-state index in [1.54, 1.807) is 0 Å². The monoisotopic (exact) mass is 298 g/mol. The molecule has 5 nitrogen and oxygen atoms in total. The minimum atomic E-state index is -1.53. The van der Waals surface area contributed by atoms with E-state index in [9.17, 15) is 18.4 Å². The molecule has 1 aliphatic carbocycles. The number of carboxylic acid groups (broad SMARTS) is 1. The Bertz CT molecular complexity index is 586. The lowest BCUT2D eigenvalue weighted by Gasteiger charge is -2.14. The van der Waals surface area contributed by atoms with Crippen molar-refractivity contribution in [3.05, 3.63) is 29.3 Å². The number of hydrogen-bond donors (Lipinski definition) is 3. The van der Waals surface area contributed by atoms with E-state index in [1.165, 1.54) is 0 Å². The SMILES string of the molecule is CCC1(CNC(=O)Nc2cc(C(=O)O)c(F)cc2F)CC1. The summed E-state index contributed by atoms with van der Waals surface area (Å²) in [5.41, 5.74) is -0.933. The van der Waals surface area contributed by atoms with Crippen LogP contribution in [0.3, 0.4) is 0 Å². The maximum absolute atomic E-state index is 13.5. The predicted molar refractivity (Wildman–Crippen MR) is 72.3 cm³/mol. The Balaban J connectivity index is 2.03. The summed E-state index contributed by atoms with van der Waals surface area (Å²) < 4.78 is 26.8. The zero-order chi connectivity index (χ0) is 15.6. The highest BCUT2D eigenvalue weighted by Gasteiger charge is 2.40. The third-order valence-corrected chi connectivity index (χ3v) is 3.87. The van der Waals surface area contributed by atoms with E-state index < -0.39 is 29.2 Å². The highest BCUT2D eigenvalue weighted by atomic mass is 19.1. The molecule has 1 fully saturated rings. The summed E-state index contributed by atoms with van der Waals surface area (Å²) in [4.78, 5) is 22.5. The molecule has 0 saturated heterocycles. The van der Waals surface area contributed by atoms with Gasteiger partial charge in [0.25, 0.3) is 0 Å². The van der Waals surface area contributed by atoms with E-state index in [4.69, 9.17) is 5.11 Å². The van der Waals surface area contributed by atoms with E-state index in [1.807, 2.05) is 6.92 Å². The van der Waals surface area contributed by atoms with Gasteiger partial charge in [-0.15, -0.1) is 0 Å². The first-order chi connectivity index (χ1) is 9.87. The molecule has 0 radical (unpaired) electrons. The summed E-state index contributed by atoms with van der Waals surface area (Å²) in [6.07, 6.45) is 3.02. The first-order valence-corrected chi connectivity index (χ1v) is 6.64. The van der Waals surface area contributed by atoms with Gasteiger partial charge in [0.05, 0.1) is 11.3 Å². The molecule has 1 aromatic carbocycles. The number of carbonyl (C=O) groups is 2. The van der Waals surface area contributed by atoms with Gasteiger partial charge in [-0.3, -0.25) is 0 Å². The van der Waals surface area contributed by atoms with Crippen LogP contribution < -0.4 is 10.6 Å². The molecule has 3 N–H and O–H groups in total. The predicted octanol–water partition coefficient (Wildman–Crippen LogP) is 2.97. The standard InChI is InChI=1S/C14H16F2N2O3/c1-2-14(3-4-14)7-17-13(21)18-11-5-8(12(19)20)9(15)6-10(11)16/h5-6H,2-4,7H2,1H3,(H,19,20)(H2,17,18,21). The second-order valence-corrected chi connectivity index (χ2v) is 5.28. The molecule has 0 spiro atoms. The highest BCUT2D eigenvalue weighted by Crippen LogP contribution is 2.47. The van der Waals surface area contributed by atoms with Gasteiger partial charge in [-0.2, -0.15) is 0 Å².